The van der Waals surface area contributed by atoms with E-state index in [1.54, 1.807) is 18.2 Å². The van der Waals surface area contributed by atoms with Crippen molar-refractivity contribution in [3.63, 3.8) is 0 Å². The van der Waals surface area contributed by atoms with Gasteiger partial charge in [-0.2, -0.15) is 0 Å². The summed E-state index contributed by atoms with van der Waals surface area (Å²) in [6.45, 7) is 1.23. The minimum absolute atomic E-state index is 0.347. The number of nitrogens with two attached hydrogens (primary N) is 1. The number of halogens is 2. The maximum Gasteiger partial charge on any atom is 0.264 e. The van der Waals surface area contributed by atoms with Crippen molar-refractivity contribution in [1.29, 1.82) is 0 Å². The van der Waals surface area contributed by atoms with Crippen molar-refractivity contribution in [1.82, 2.24) is 0 Å². The van der Waals surface area contributed by atoms with Gasteiger partial charge in [0.25, 0.3) is 5.92 Å². The molecular formula is C11H15F2NO. The Labute approximate surface area is 88.0 Å². The van der Waals surface area contributed by atoms with E-state index < -0.39 is 12.5 Å². The molecule has 15 heavy (non-hydrogen) atoms. The second kappa shape index (κ2) is 4.57. The quantitative estimate of drug-likeness (QED) is 0.835. The summed E-state index contributed by atoms with van der Waals surface area (Å²) in [5.74, 6) is -2.22. The van der Waals surface area contributed by atoms with Gasteiger partial charge in [-0.1, -0.05) is 12.1 Å². The van der Waals surface area contributed by atoms with Crippen molar-refractivity contribution in [3.05, 3.63) is 29.3 Å². The Morgan fingerprint density at radius 3 is 2.60 bits per heavy atom. The van der Waals surface area contributed by atoms with Crippen molar-refractivity contribution < 1.29 is 13.5 Å². The summed E-state index contributed by atoms with van der Waals surface area (Å²) in [6.07, 6.45) is -0.347. The molecule has 0 saturated carbocycles. The van der Waals surface area contributed by atoms with Crippen LogP contribution in [0, 0.1) is 6.92 Å². The molecule has 0 aliphatic rings. The molecule has 1 rings (SSSR count). The van der Waals surface area contributed by atoms with Gasteiger partial charge in [-0.25, -0.2) is 8.78 Å². The lowest BCUT2D eigenvalue weighted by Crippen LogP contribution is -2.30. The van der Waals surface area contributed by atoms with Crippen LogP contribution in [0.1, 0.15) is 11.1 Å². The van der Waals surface area contributed by atoms with Crippen LogP contribution in [0.3, 0.4) is 0 Å². The fourth-order valence-electron chi connectivity index (χ4n) is 1.35. The molecular weight excluding hydrogens is 200 g/mol. The Balaban J connectivity index is 2.87. The highest BCUT2D eigenvalue weighted by molar-refractivity contribution is 5.36. The maximum absolute atomic E-state index is 13.0. The van der Waals surface area contributed by atoms with Gasteiger partial charge in [-0.15, -0.1) is 0 Å². The van der Waals surface area contributed by atoms with Gasteiger partial charge in [-0.05, 0) is 24.1 Å². The number of alkyl halides is 2. The van der Waals surface area contributed by atoms with Gasteiger partial charge in [-0.3, -0.25) is 0 Å². The molecule has 2 nitrogen and oxygen atoms in total. The average Bonchev–Trinajstić information content (AvgIpc) is 2.20. The van der Waals surface area contributed by atoms with Crippen LogP contribution in [-0.4, -0.2) is 19.6 Å². The largest absolute Gasteiger partial charge is 0.496 e. The lowest BCUT2D eigenvalue weighted by Gasteiger charge is -2.14. The highest BCUT2D eigenvalue weighted by atomic mass is 19.3. The van der Waals surface area contributed by atoms with E-state index in [9.17, 15) is 8.78 Å². The van der Waals surface area contributed by atoms with Gasteiger partial charge < -0.3 is 10.5 Å². The second-order valence-electron chi connectivity index (χ2n) is 3.54. The van der Waals surface area contributed by atoms with Crippen molar-refractivity contribution in [3.8, 4) is 5.75 Å². The zero-order chi connectivity index (χ0) is 11.5. The topological polar surface area (TPSA) is 35.2 Å². The Kier molecular flexibility index (Phi) is 3.63. The minimum Gasteiger partial charge on any atom is -0.496 e. The van der Waals surface area contributed by atoms with Gasteiger partial charge in [0.2, 0.25) is 0 Å². The van der Waals surface area contributed by atoms with Crippen LogP contribution in [0.5, 0.6) is 5.75 Å². The van der Waals surface area contributed by atoms with Crippen LogP contribution in [0.25, 0.3) is 0 Å². The van der Waals surface area contributed by atoms with Gasteiger partial charge in [0.05, 0.1) is 13.7 Å². The predicted octanol–water partition coefficient (Wildman–Crippen LogP) is 2.14. The normalized spacial score (nSPS) is 11.5. The lowest BCUT2D eigenvalue weighted by molar-refractivity contribution is 0.0114. The summed E-state index contributed by atoms with van der Waals surface area (Å²) >= 11 is 0. The van der Waals surface area contributed by atoms with Gasteiger partial charge in [0.15, 0.2) is 0 Å². The molecule has 0 aliphatic heterocycles. The average molecular weight is 215 g/mol. The summed E-state index contributed by atoms with van der Waals surface area (Å²) in [5, 5.41) is 0. The van der Waals surface area contributed by atoms with Crippen LogP contribution >= 0.6 is 0 Å². The first-order valence-electron chi connectivity index (χ1n) is 4.70. The van der Waals surface area contributed by atoms with Crippen molar-refractivity contribution >= 4 is 0 Å². The SMILES string of the molecule is COc1cc(CC(F)(F)CN)ccc1C. The molecule has 4 heteroatoms. The molecule has 0 unspecified atom stereocenters. The van der Waals surface area contributed by atoms with E-state index in [0.29, 0.717) is 11.3 Å². The van der Waals surface area contributed by atoms with E-state index in [1.165, 1.54) is 7.11 Å². The first kappa shape index (κ1) is 11.9. The molecule has 0 fully saturated rings. The van der Waals surface area contributed by atoms with Crippen molar-refractivity contribution in [2.24, 2.45) is 5.73 Å². The molecule has 0 spiro atoms. The highest BCUT2D eigenvalue weighted by Gasteiger charge is 2.27. The Hall–Kier alpha value is -1.16. The van der Waals surface area contributed by atoms with Crippen LogP contribution < -0.4 is 10.5 Å². The van der Waals surface area contributed by atoms with Gasteiger partial charge in [0, 0.05) is 6.42 Å². The van der Waals surface area contributed by atoms with E-state index in [2.05, 4.69) is 0 Å². The van der Waals surface area contributed by atoms with E-state index in [1.807, 2.05) is 6.92 Å². The molecule has 0 saturated heterocycles. The summed E-state index contributed by atoms with van der Waals surface area (Å²) in [5.41, 5.74) is 6.44. The number of benzene rings is 1. The van der Waals surface area contributed by atoms with Crippen LogP contribution in [0.15, 0.2) is 18.2 Å². The molecule has 0 heterocycles. The van der Waals surface area contributed by atoms with Crippen LogP contribution in [0.2, 0.25) is 0 Å². The Bertz CT molecular complexity index is 339. The smallest absolute Gasteiger partial charge is 0.264 e. The van der Waals surface area contributed by atoms with E-state index >= 15 is 0 Å². The highest BCUT2D eigenvalue weighted by Crippen LogP contribution is 2.24. The standard InChI is InChI=1S/C11H15F2NO/c1-8-3-4-9(5-10(8)15-2)6-11(12,13)7-14/h3-5H,6-7,14H2,1-2H3. The lowest BCUT2D eigenvalue weighted by atomic mass is 10.0. The molecule has 1 aromatic carbocycles. The second-order valence-corrected chi connectivity index (χ2v) is 3.54. The van der Waals surface area contributed by atoms with Crippen LogP contribution in [-0.2, 0) is 6.42 Å². The molecule has 84 valence electrons. The number of methoxy groups -OCH3 is 1. The van der Waals surface area contributed by atoms with E-state index in [-0.39, 0.29) is 6.42 Å². The first-order chi connectivity index (χ1) is 6.98. The monoisotopic (exact) mass is 215 g/mol. The molecule has 0 aromatic heterocycles. The fourth-order valence-corrected chi connectivity index (χ4v) is 1.35. The first-order valence-corrected chi connectivity index (χ1v) is 4.70. The Morgan fingerprint density at radius 2 is 2.07 bits per heavy atom. The number of rotatable bonds is 4. The molecule has 0 atom stereocenters. The van der Waals surface area contributed by atoms with Crippen LogP contribution in [0.4, 0.5) is 8.78 Å². The molecule has 1 aromatic rings. The number of hydrogen-bond donors (Lipinski definition) is 1. The fraction of sp³-hybridized carbons (Fsp3) is 0.455. The third-order valence-corrected chi connectivity index (χ3v) is 2.23. The summed E-state index contributed by atoms with van der Waals surface area (Å²) in [4.78, 5) is 0. The van der Waals surface area contributed by atoms with Gasteiger partial charge >= 0.3 is 0 Å². The zero-order valence-corrected chi connectivity index (χ0v) is 8.89. The molecule has 0 radical (unpaired) electrons. The summed E-state index contributed by atoms with van der Waals surface area (Å²) in [6, 6.07) is 5.06. The van der Waals surface area contributed by atoms with Gasteiger partial charge in [0.1, 0.15) is 5.75 Å². The molecule has 2 N–H and O–H groups in total. The maximum atomic E-state index is 13.0. The third-order valence-electron chi connectivity index (χ3n) is 2.23. The summed E-state index contributed by atoms with van der Waals surface area (Å²) in [7, 11) is 1.52. The third kappa shape index (κ3) is 3.16. The number of hydrogen-bond acceptors (Lipinski definition) is 2. The van der Waals surface area contributed by atoms with E-state index in [4.69, 9.17) is 10.5 Å². The number of ether oxygens (including phenoxy) is 1. The molecule has 0 bridgehead atoms. The molecule has 0 amide bonds. The van der Waals surface area contributed by atoms with Crippen molar-refractivity contribution in [2.75, 3.05) is 13.7 Å². The minimum atomic E-state index is -2.85. The Morgan fingerprint density at radius 1 is 1.40 bits per heavy atom. The zero-order valence-electron chi connectivity index (χ0n) is 8.89. The predicted molar refractivity (Wildman–Crippen MR) is 55.4 cm³/mol. The number of aryl methyl sites for hydroxylation is 1. The summed E-state index contributed by atoms with van der Waals surface area (Å²) < 4.78 is 31.1. The molecule has 0 aliphatic carbocycles. The van der Waals surface area contributed by atoms with Crippen molar-refractivity contribution in [2.45, 2.75) is 19.3 Å². The van der Waals surface area contributed by atoms with E-state index in [0.717, 1.165) is 5.56 Å².